The quantitative estimate of drug-likeness (QED) is 0.658. The van der Waals surface area contributed by atoms with Crippen LogP contribution in [0.15, 0.2) is 12.4 Å². The van der Waals surface area contributed by atoms with E-state index in [9.17, 15) is 0 Å². The number of nitrogens with zero attached hydrogens (tertiary/aromatic N) is 3. The largest absolute Gasteiger partial charge is 0.480 e. The summed E-state index contributed by atoms with van der Waals surface area (Å²) in [6, 6.07) is 0. The molecule has 0 bridgehead atoms. The van der Waals surface area contributed by atoms with Gasteiger partial charge in [0.05, 0.1) is 25.2 Å². The summed E-state index contributed by atoms with van der Waals surface area (Å²) in [5.74, 6) is 0.553. The minimum atomic E-state index is 0.553. The Bertz CT molecular complexity index is 233. The fourth-order valence-electron chi connectivity index (χ4n) is 0.854. The van der Waals surface area contributed by atoms with Crippen LogP contribution in [0.4, 0.5) is 0 Å². The molecular formula is C8H13N3O. The lowest BCUT2D eigenvalue weighted by atomic mass is 10.4. The van der Waals surface area contributed by atoms with E-state index in [1.54, 1.807) is 19.5 Å². The number of hydrogen-bond donors (Lipinski definition) is 0. The van der Waals surface area contributed by atoms with E-state index >= 15 is 0 Å². The van der Waals surface area contributed by atoms with Crippen LogP contribution in [0.2, 0.25) is 0 Å². The van der Waals surface area contributed by atoms with Gasteiger partial charge in [0.25, 0.3) is 0 Å². The molecule has 0 spiro atoms. The van der Waals surface area contributed by atoms with Crippen molar-refractivity contribution in [3.05, 3.63) is 18.1 Å². The van der Waals surface area contributed by atoms with Gasteiger partial charge in [-0.15, -0.1) is 0 Å². The zero-order valence-corrected chi connectivity index (χ0v) is 7.61. The summed E-state index contributed by atoms with van der Waals surface area (Å²) in [6.45, 7) is 0.803. The van der Waals surface area contributed by atoms with Crippen LogP contribution in [-0.2, 0) is 6.54 Å². The van der Waals surface area contributed by atoms with E-state index in [1.165, 1.54) is 0 Å². The summed E-state index contributed by atoms with van der Waals surface area (Å²) in [5, 5.41) is 0. The highest BCUT2D eigenvalue weighted by molar-refractivity contribution is 5.06. The van der Waals surface area contributed by atoms with Gasteiger partial charge in [-0.05, 0) is 14.1 Å². The van der Waals surface area contributed by atoms with Crippen molar-refractivity contribution in [2.45, 2.75) is 6.54 Å². The maximum atomic E-state index is 4.89. The van der Waals surface area contributed by atoms with Crippen LogP contribution < -0.4 is 4.74 Å². The molecule has 1 aromatic rings. The second-order valence-electron chi connectivity index (χ2n) is 2.79. The van der Waals surface area contributed by atoms with E-state index in [-0.39, 0.29) is 0 Å². The molecule has 0 amide bonds. The number of methoxy groups -OCH3 is 1. The van der Waals surface area contributed by atoms with Crippen LogP contribution in [0, 0.1) is 0 Å². The van der Waals surface area contributed by atoms with Gasteiger partial charge in [0, 0.05) is 6.54 Å². The minimum Gasteiger partial charge on any atom is -0.480 e. The zero-order chi connectivity index (χ0) is 8.97. The molecule has 0 fully saturated rings. The van der Waals surface area contributed by atoms with Crippen LogP contribution in [0.5, 0.6) is 5.88 Å². The lowest BCUT2D eigenvalue weighted by molar-refractivity contribution is 0.383. The topological polar surface area (TPSA) is 38.2 Å². The summed E-state index contributed by atoms with van der Waals surface area (Å²) in [6.07, 6.45) is 3.34. The molecule has 0 aliphatic carbocycles. The summed E-state index contributed by atoms with van der Waals surface area (Å²) < 4.78 is 4.89. The monoisotopic (exact) mass is 167 g/mol. The van der Waals surface area contributed by atoms with Crippen molar-refractivity contribution in [1.29, 1.82) is 0 Å². The van der Waals surface area contributed by atoms with Crippen LogP contribution in [-0.4, -0.2) is 36.1 Å². The van der Waals surface area contributed by atoms with Crippen molar-refractivity contribution < 1.29 is 4.74 Å². The SMILES string of the molecule is COc1cnc(CN(C)C)cn1. The fraction of sp³-hybridized carbons (Fsp3) is 0.500. The summed E-state index contributed by atoms with van der Waals surface area (Å²) in [5.41, 5.74) is 0.945. The lowest BCUT2D eigenvalue weighted by Gasteiger charge is -2.07. The predicted octanol–water partition coefficient (Wildman–Crippen LogP) is 0.547. The van der Waals surface area contributed by atoms with Gasteiger partial charge < -0.3 is 9.64 Å². The first kappa shape index (κ1) is 8.93. The summed E-state index contributed by atoms with van der Waals surface area (Å²) in [7, 11) is 5.56. The number of rotatable bonds is 3. The highest BCUT2D eigenvalue weighted by Crippen LogP contribution is 2.03. The van der Waals surface area contributed by atoms with Crippen LogP contribution >= 0.6 is 0 Å². The average Bonchev–Trinajstić information content (AvgIpc) is 2.05. The molecule has 0 radical (unpaired) electrons. The van der Waals surface area contributed by atoms with Crippen molar-refractivity contribution in [2.75, 3.05) is 21.2 Å². The molecule has 0 saturated heterocycles. The lowest BCUT2D eigenvalue weighted by Crippen LogP contribution is -2.12. The molecule has 0 N–H and O–H groups in total. The van der Waals surface area contributed by atoms with Gasteiger partial charge in [-0.1, -0.05) is 0 Å². The Morgan fingerprint density at radius 2 is 2.08 bits per heavy atom. The van der Waals surface area contributed by atoms with Crippen molar-refractivity contribution in [1.82, 2.24) is 14.9 Å². The Hall–Kier alpha value is -1.16. The van der Waals surface area contributed by atoms with E-state index in [0.717, 1.165) is 12.2 Å². The number of ether oxygens (including phenoxy) is 1. The molecular weight excluding hydrogens is 154 g/mol. The van der Waals surface area contributed by atoms with Crippen LogP contribution in [0.1, 0.15) is 5.69 Å². The zero-order valence-electron chi connectivity index (χ0n) is 7.61. The van der Waals surface area contributed by atoms with Gasteiger partial charge in [0.15, 0.2) is 0 Å². The van der Waals surface area contributed by atoms with E-state index in [0.29, 0.717) is 5.88 Å². The molecule has 4 heteroatoms. The molecule has 0 aliphatic heterocycles. The molecule has 0 saturated carbocycles. The molecule has 1 aromatic heterocycles. The van der Waals surface area contributed by atoms with Gasteiger partial charge >= 0.3 is 0 Å². The minimum absolute atomic E-state index is 0.553. The van der Waals surface area contributed by atoms with Gasteiger partial charge in [0.1, 0.15) is 0 Å². The third kappa shape index (κ3) is 2.47. The molecule has 1 heterocycles. The first-order chi connectivity index (χ1) is 5.72. The Morgan fingerprint density at radius 1 is 1.33 bits per heavy atom. The van der Waals surface area contributed by atoms with Gasteiger partial charge in [-0.2, -0.15) is 0 Å². The van der Waals surface area contributed by atoms with Crippen LogP contribution in [0.3, 0.4) is 0 Å². The van der Waals surface area contributed by atoms with Gasteiger partial charge in [0.2, 0.25) is 5.88 Å². The highest BCUT2D eigenvalue weighted by Gasteiger charge is 1.97. The molecule has 4 nitrogen and oxygen atoms in total. The van der Waals surface area contributed by atoms with Gasteiger partial charge in [-0.3, -0.25) is 4.98 Å². The maximum absolute atomic E-state index is 4.89. The van der Waals surface area contributed by atoms with Crippen LogP contribution in [0.25, 0.3) is 0 Å². The fourth-order valence-corrected chi connectivity index (χ4v) is 0.854. The van der Waals surface area contributed by atoms with E-state index in [1.807, 2.05) is 19.0 Å². The summed E-state index contributed by atoms with van der Waals surface area (Å²) >= 11 is 0. The Kier molecular flexibility index (Phi) is 2.99. The van der Waals surface area contributed by atoms with E-state index in [4.69, 9.17) is 4.74 Å². The molecule has 0 aromatic carbocycles. The molecule has 0 atom stereocenters. The smallest absolute Gasteiger partial charge is 0.231 e. The third-order valence-corrected chi connectivity index (χ3v) is 1.37. The number of aromatic nitrogens is 2. The van der Waals surface area contributed by atoms with Crippen molar-refractivity contribution in [2.24, 2.45) is 0 Å². The summed E-state index contributed by atoms with van der Waals surface area (Å²) in [4.78, 5) is 10.2. The standard InChI is InChI=1S/C8H13N3O/c1-11(2)6-7-4-10-8(12-3)5-9-7/h4-5H,6H2,1-3H3. The molecule has 12 heavy (non-hydrogen) atoms. The first-order valence-electron chi connectivity index (χ1n) is 3.72. The maximum Gasteiger partial charge on any atom is 0.231 e. The normalized spacial score (nSPS) is 10.3. The Labute approximate surface area is 72.2 Å². The predicted molar refractivity (Wildman–Crippen MR) is 46.0 cm³/mol. The highest BCUT2D eigenvalue weighted by atomic mass is 16.5. The first-order valence-corrected chi connectivity index (χ1v) is 3.72. The third-order valence-electron chi connectivity index (χ3n) is 1.37. The van der Waals surface area contributed by atoms with Crippen molar-refractivity contribution in [3.8, 4) is 5.88 Å². The Morgan fingerprint density at radius 3 is 2.50 bits per heavy atom. The molecule has 0 unspecified atom stereocenters. The molecule has 0 aliphatic rings. The average molecular weight is 167 g/mol. The Balaban J connectivity index is 2.65. The van der Waals surface area contributed by atoms with Gasteiger partial charge in [-0.25, -0.2) is 4.98 Å². The second kappa shape index (κ2) is 4.01. The van der Waals surface area contributed by atoms with E-state index < -0.39 is 0 Å². The number of hydrogen-bond acceptors (Lipinski definition) is 4. The van der Waals surface area contributed by atoms with Crippen molar-refractivity contribution in [3.63, 3.8) is 0 Å². The second-order valence-corrected chi connectivity index (χ2v) is 2.79. The molecule has 66 valence electrons. The molecule has 1 rings (SSSR count). The van der Waals surface area contributed by atoms with E-state index in [2.05, 4.69) is 9.97 Å². The van der Waals surface area contributed by atoms with Crippen molar-refractivity contribution >= 4 is 0 Å².